The molecule has 76 valence electrons. The highest BCUT2D eigenvalue weighted by Crippen LogP contribution is 2.49. The van der Waals surface area contributed by atoms with E-state index in [1.54, 1.807) is 0 Å². The Morgan fingerprint density at radius 3 is 2.62 bits per heavy atom. The first kappa shape index (κ1) is 9.47. The Labute approximate surface area is 80.9 Å². The van der Waals surface area contributed by atoms with Crippen LogP contribution in [0.15, 0.2) is 0 Å². The predicted octanol–water partition coefficient (Wildman–Crippen LogP) is 1.35. The molecule has 0 radical (unpaired) electrons. The number of aliphatic hydroxyl groups is 1. The highest BCUT2D eigenvalue weighted by atomic mass is 16.3. The van der Waals surface area contributed by atoms with E-state index in [0.717, 1.165) is 24.2 Å². The van der Waals surface area contributed by atoms with Crippen molar-refractivity contribution >= 4 is 0 Å². The van der Waals surface area contributed by atoms with Crippen LogP contribution in [0.1, 0.15) is 25.7 Å². The number of hydrogen-bond donors (Lipinski definition) is 1. The molecule has 0 aromatic rings. The minimum atomic E-state index is 0.397. The first-order chi connectivity index (χ1) is 6.31. The zero-order valence-corrected chi connectivity index (χ0v) is 8.58. The largest absolute Gasteiger partial charge is 0.396 e. The van der Waals surface area contributed by atoms with Crippen LogP contribution in [-0.4, -0.2) is 36.8 Å². The molecule has 1 aliphatic carbocycles. The molecule has 1 saturated heterocycles. The van der Waals surface area contributed by atoms with Crippen molar-refractivity contribution in [1.29, 1.82) is 0 Å². The molecule has 1 heterocycles. The van der Waals surface area contributed by atoms with Crippen molar-refractivity contribution in [1.82, 2.24) is 4.90 Å². The van der Waals surface area contributed by atoms with Crippen LogP contribution in [0.2, 0.25) is 0 Å². The number of rotatable bonds is 3. The summed E-state index contributed by atoms with van der Waals surface area (Å²) in [4.78, 5) is 2.43. The van der Waals surface area contributed by atoms with E-state index in [1.807, 2.05) is 0 Å². The van der Waals surface area contributed by atoms with E-state index in [4.69, 9.17) is 5.11 Å². The summed E-state index contributed by atoms with van der Waals surface area (Å²) in [5.74, 6) is 2.83. The first-order valence-corrected chi connectivity index (χ1v) is 5.60. The Kier molecular flexibility index (Phi) is 2.89. The van der Waals surface area contributed by atoms with Gasteiger partial charge in [-0.25, -0.2) is 0 Å². The van der Waals surface area contributed by atoms with Gasteiger partial charge < -0.3 is 10.0 Å². The van der Waals surface area contributed by atoms with Crippen LogP contribution in [-0.2, 0) is 0 Å². The van der Waals surface area contributed by atoms with Gasteiger partial charge in [0.05, 0.1) is 0 Å². The number of likely N-dealkylation sites (tertiary alicyclic amines) is 1. The summed E-state index contributed by atoms with van der Waals surface area (Å²) in [7, 11) is 2.22. The molecule has 2 heteroatoms. The molecule has 2 aliphatic rings. The van der Waals surface area contributed by atoms with E-state index in [0.29, 0.717) is 6.61 Å². The van der Waals surface area contributed by atoms with Gasteiger partial charge in [0.1, 0.15) is 0 Å². The quantitative estimate of drug-likeness (QED) is 0.714. The number of hydrogen-bond acceptors (Lipinski definition) is 2. The van der Waals surface area contributed by atoms with E-state index in [9.17, 15) is 0 Å². The second-order valence-corrected chi connectivity index (χ2v) is 4.81. The molecule has 2 rings (SSSR count). The highest BCUT2D eigenvalue weighted by molar-refractivity contribution is 4.92. The lowest BCUT2D eigenvalue weighted by molar-refractivity contribution is 0.195. The topological polar surface area (TPSA) is 23.5 Å². The Morgan fingerprint density at radius 2 is 2.00 bits per heavy atom. The smallest absolute Gasteiger partial charge is 0.0433 e. The molecule has 13 heavy (non-hydrogen) atoms. The van der Waals surface area contributed by atoms with E-state index < -0.39 is 0 Å². The molecule has 1 N–H and O–H groups in total. The average molecular weight is 183 g/mol. The van der Waals surface area contributed by atoms with Gasteiger partial charge >= 0.3 is 0 Å². The van der Waals surface area contributed by atoms with Crippen molar-refractivity contribution in [3.05, 3.63) is 0 Å². The molecule has 2 unspecified atom stereocenters. The zero-order chi connectivity index (χ0) is 9.26. The van der Waals surface area contributed by atoms with Crippen molar-refractivity contribution in [3.63, 3.8) is 0 Å². The van der Waals surface area contributed by atoms with Gasteiger partial charge in [-0.2, -0.15) is 0 Å². The van der Waals surface area contributed by atoms with Gasteiger partial charge in [-0.15, -0.1) is 0 Å². The second kappa shape index (κ2) is 3.97. The molecule has 0 bridgehead atoms. The molecule has 2 nitrogen and oxygen atoms in total. The maximum atomic E-state index is 8.83. The van der Waals surface area contributed by atoms with Crippen LogP contribution >= 0.6 is 0 Å². The summed E-state index contributed by atoms with van der Waals surface area (Å²) < 4.78 is 0. The molecule has 0 aromatic heterocycles. The summed E-state index contributed by atoms with van der Waals surface area (Å²) in [6, 6.07) is 0. The van der Waals surface area contributed by atoms with Gasteiger partial charge in [-0.1, -0.05) is 0 Å². The summed E-state index contributed by atoms with van der Waals surface area (Å²) >= 11 is 0. The van der Waals surface area contributed by atoms with E-state index in [1.165, 1.54) is 32.4 Å². The molecule has 0 spiro atoms. The fourth-order valence-electron chi connectivity index (χ4n) is 2.80. The van der Waals surface area contributed by atoms with Gasteiger partial charge in [0, 0.05) is 6.61 Å². The zero-order valence-electron chi connectivity index (χ0n) is 8.58. The van der Waals surface area contributed by atoms with Gasteiger partial charge in [0.15, 0.2) is 0 Å². The Hall–Kier alpha value is -0.0800. The van der Waals surface area contributed by atoms with E-state index in [-0.39, 0.29) is 0 Å². The van der Waals surface area contributed by atoms with Crippen LogP contribution < -0.4 is 0 Å². The van der Waals surface area contributed by atoms with Crippen molar-refractivity contribution in [3.8, 4) is 0 Å². The standard InChI is InChI=1S/C11H21NO/c1-12-5-2-9(3-6-12)11-8-10(11)4-7-13/h9-11,13H,2-8H2,1H3. The molecular weight excluding hydrogens is 162 g/mol. The maximum Gasteiger partial charge on any atom is 0.0433 e. The molecule has 0 amide bonds. The Bertz CT molecular complexity index is 163. The molecule has 2 atom stereocenters. The minimum absolute atomic E-state index is 0.397. The lowest BCUT2D eigenvalue weighted by atomic mass is 9.91. The van der Waals surface area contributed by atoms with Crippen LogP contribution in [0.5, 0.6) is 0 Å². The molecule has 1 saturated carbocycles. The molecule has 1 aliphatic heterocycles. The van der Waals surface area contributed by atoms with Crippen molar-refractivity contribution in [2.24, 2.45) is 17.8 Å². The fourth-order valence-corrected chi connectivity index (χ4v) is 2.80. The van der Waals surface area contributed by atoms with Crippen LogP contribution in [0.3, 0.4) is 0 Å². The number of nitrogens with zero attached hydrogens (tertiary/aromatic N) is 1. The number of aliphatic hydroxyl groups excluding tert-OH is 1. The third-order valence-electron chi connectivity index (χ3n) is 3.85. The highest BCUT2D eigenvalue weighted by Gasteiger charge is 2.42. The first-order valence-electron chi connectivity index (χ1n) is 5.60. The van der Waals surface area contributed by atoms with Gasteiger partial charge in [0.25, 0.3) is 0 Å². The van der Waals surface area contributed by atoms with Crippen LogP contribution in [0, 0.1) is 17.8 Å². The monoisotopic (exact) mass is 183 g/mol. The van der Waals surface area contributed by atoms with Gasteiger partial charge in [-0.05, 0) is 63.6 Å². The third kappa shape index (κ3) is 2.23. The second-order valence-electron chi connectivity index (χ2n) is 4.81. The lowest BCUT2D eigenvalue weighted by Crippen LogP contribution is -2.31. The van der Waals surface area contributed by atoms with Crippen LogP contribution in [0.25, 0.3) is 0 Å². The Morgan fingerprint density at radius 1 is 1.31 bits per heavy atom. The van der Waals surface area contributed by atoms with Crippen molar-refractivity contribution < 1.29 is 5.11 Å². The van der Waals surface area contributed by atoms with E-state index >= 15 is 0 Å². The normalized spacial score (nSPS) is 36.5. The fraction of sp³-hybridized carbons (Fsp3) is 1.00. The average Bonchev–Trinajstić information content (AvgIpc) is 2.86. The van der Waals surface area contributed by atoms with E-state index in [2.05, 4.69) is 11.9 Å². The summed E-state index contributed by atoms with van der Waals surface area (Å²) in [5, 5.41) is 8.83. The molecule has 0 aromatic carbocycles. The summed E-state index contributed by atoms with van der Waals surface area (Å²) in [6.45, 7) is 2.97. The third-order valence-corrected chi connectivity index (χ3v) is 3.85. The number of piperidine rings is 1. The van der Waals surface area contributed by atoms with Crippen molar-refractivity contribution in [2.75, 3.05) is 26.7 Å². The van der Waals surface area contributed by atoms with Gasteiger partial charge in [0.2, 0.25) is 0 Å². The van der Waals surface area contributed by atoms with Crippen molar-refractivity contribution in [2.45, 2.75) is 25.7 Å². The Balaban J connectivity index is 1.71. The maximum absolute atomic E-state index is 8.83. The van der Waals surface area contributed by atoms with Gasteiger partial charge in [-0.3, -0.25) is 0 Å². The lowest BCUT2D eigenvalue weighted by Gasteiger charge is -2.29. The SMILES string of the molecule is CN1CCC(C2CC2CCO)CC1. The predicted molar refractivity (Wildman–Crippen MR) is 53.5 cm³/mol. The van der Waals surface area contributed by atoms with Crippen LogP contribution in [0.4, 0.5) is 0 Å². The summed E-state index contributed by atoms with van der Waals surface area (Å²) in [6.07, 6.45) is 5.23. The minimum Gasteiger partial charge on any atom is -0.396 e. The summed E-state index contributed by atoms with van der Waals surface area (Å²) in [5.41, 5.74) is 0. The molecule has 2 fully saturated rings. The molecular formula is C11H21NO.